The number of unbranched alkanes of at least 4 members (excludes halogenated alkanes) is 3. The van der Waals surface area contributed by atoms with Gasteiger partial charge in [0, 0.05) is 44.8 Å². The fourth-order valence-electron chi connectivity index (χ4n) is 2.62. The average Bonchev–Trinajstić information content (AvgIpc) is 2.74. The van der Waals surface area contributed by atoms with Crippen LogP contribution in [-0.2, 0) is 4.74 Å². The summed E-state index contributed by atoms with van der Waals surface area (Å²) >= 11 is 5.74. The number of amides is 1. The van der Waals surface area contributed by atoms with E-state index in [9.17, 15) is 9.90 Å². The van der Waals surface area contributed by atoms with E-state index >= 15 is 0 Å². The summed E-state index contributed by atoms with van der Waals surface area (Å²) < 4.78 is 5.51. The zero-order valence-electron chi connectivity index (χ0n) is 17.3. The summed E-state index contributed by atoms with van der Waals surface area (Å²) in [6.45, 7) is 0.711. The van der Waals surface area contributed by atoms with Crippen LogP contribution in [0.3, 0.4) is 0 Å². The van der Waals surface area contributed by atoms with Gasteiger partial charge in [0.1, 0.15) is 0 Å². The first-order chi connectivity index (χ1) is 14.8. The standard InChI is InChI=1S/C18H32ClN7O5/c19-14-16(21)25-15(20)13(24-14)17(30)26-18(22)23-5-3-1-2-4-6-31-10-12(9-29)11(7-27)8-28/h11-12,27-29H,1-10H2,(H4,20,21,25)(H3,22,23,26,30)/t12-/m0/s1. The molecule has 31 heavy (non-hydrogen) atoms. The van der Waals surface area contributed by atoms with Gasteiger partial charge in [0.25, 0.3) is 5.91 Å². The number of aliphatic imine (C=N–C) groups is 1. The monoisotopic (exact) mass is 461 g/mol. The van der Waals surface area contributed by atoms with Gasteiger partial charge in [0.2, 0.25) is 0 Å². The number of nitrogens with zero attached hydrogens (tertiary/aromatic N) is 3. The first kappa shape index (κ1) is 26.8. The zero-order chi connectivity index (χ0) is 23.2. The Hall–Kier alpha value is -2.25. The van der Waals surface area contributed by atoms with E-state index in [4.69, 9.17) is 43.8 Å². The van der Waals surface area contributed by atoms with Crippen molar-refractivity contribution in [2.75, 3.05) is 51.0 Å². The molecule has 0 aliphatic rings. The molecule has 1 amide bonds. The third-order valence-electron chi connectivity index (χ3n) is 4.54. The normalized spacial score (nSPS) is 12.9. The number of aliphatic hydroxyl groups excluding tert-OH is 3. The van der Waals surface area contributed by atoms with E-state index in [0.29, 0.717) is 13.2 Å². The Morgan fingerprint density at radius 2 is 1.68 bits per heavy atom. The molecule has 0 bridgehead atoms. The molecule has 1 atom stereocenters. The Balaban J connectivity index is 2.21. The van der Waals surface area contributed by atoms with E-state index in [2.05, 4.69) is 20.3 Å². The molecule has 10 N–H and O–H groups in total. The molecule has 0 fully saturated rings. The Morgan fingerprint density at radius 1 is 1.03 bits per heavy atom. The molecular weight excluding hydrogens is 430 g/mol. The molecule has 0 aromatic carbocycles. The molecule has 0 saturated carbocycles. The summed E-state index contributed by atoms with van der Waals surface area (Å²) in [6, 6.07) is 0. The average molecular weight is 462 g/mol. The van der Waals surface area contributed by atoms with Crippen molar-refractivity contribution in [3.63, 3.8) is 0 Å². The number of hydrogen-bond acceptors (Lipinski definition) is 10. The third kappa shape index (κ3) is 9.61. The van der Waals surface area contributed by atoms with Crippen molar-refractivity contribution in [3.05, 3.63) is 10.8 Å². The number of carbonyl (C=O) groups excluding carboxylic acids is 1. The van der Waals surface area contributed by atoms with Gasteiger partial charge < -0.3 is 37.3 Å². The van der Waals surface area contributed by atoms with Crippen molar-refractivity contribution in [2.24, 2.45) is 22.6 Å². The van der Waals surface area contributed by atoms with Crippen LogP contribution in [-0.4, -0.2) is 76.7 Å². The molecule has 1 aromatic heterocycles. The van der Waals surface area contributed by atoms with Crippen LogP contribution in [0.2, 0.25) is 5.15 Å². The van der Waals surface area contributed by atoms with E-state index < -0.39 is 5.91 Å². The van der Waals surface area contributed by atoms with E-state index in [1.54, 1.807) is 0 Å². The minimum Gasteiger partial charge on any atom is -0.396 e. The number of halogens is 1. The fourth-order valence-corrected chi connectivity index (χ4v) is 2.75. The lowest BCUT2D eigenvalue weighted by molar-refractivity contribution is 0.00926. The van der Waals surface area contributed by atoms with Gasteiger partial charge in [0.15, 0.2) is 28.4 Å². The van der Waals surface area contributed by atoms with Gasteiger partial charge in [-0.15, -0.1) is 0 Å². The van der Waals surface area contributed by atoms with Gasteiger partial charge in [-0.3, -0.25) is 15.1 Å². The second-order valence-corrected chi connectivity index (χ2v) is 7.27. The van der Waals surface area contributed by atoms with Gasteiger partial charge in [-0.05, 0) is 12.8 Å². The number of nitrogens with two attached hydrogens (primary N) is 3. The van der Waals surface area contributed by atoms with Crippen molar-refractivity contribution < 1.29 is 24.9 Å². The highest BCUT2D eigenvalue weighted by molar-refractivity contribution is 6.31. The molecular formula is C18H32ClN7O5. The molecule has 0 aliphatic carbocycles. The second-order valence-electron chi connectivity index (χ2n) is 6.91. The number of anilines is 2. The summed E-state index contributed by atoms with van der Waals surface area (Å²) in [5, 5.41) is 29.8. The van der Waals surface area contributed by atoms with Crippen LogP contribution in [0.4, 0.5) is 11.6 Å². The van der Waals surface area contributed by atoms with Gasteiger partial charge in [-0.25, -0.2) is 9.97 Å². The Morgan fingerprint density at radius 3 is 2.32 bits per heavy atom. The number of rotatable bonds is 14. The largest absolute Gasteiger partial charge is 0.396 e. The molecule has 1 aromatic rings. The first-order valence-corrected chi connectivity index (χ1v) is 10.3. The number of nitrogens with one attached hydrogen (secondary N) is 1. The van der Waals surface area contributed by atoms with Crippen molar-refractivity contribution in [3.8, 4) is 0 Å². The Kier molecular flexibility index (Phi) is 12.7. The van der Waals surface area contributed by atoms with Crippen LogP contribution in [0, 0.1) is 11.8 Å². The summed E-state index contributed by atoms with van der Waals surface area (Å²) in [5.74, 6) is -1.66. The van der Waals surface area contributed by atoms with Crippen LogP contribution in [0.1, 0.15) is 36.2 Å². The number of hydrogen-bond donors (Lipinski definition) is 7. The summed E-state index contributed by atoms with van der Waals surface area (Å²) in [4.78, 5) is 23.7. The molecule has 1 rings (SSSR count). The van der Waals surface area contributed by atoms with E-state index in [-0.39, 0.29) is 66.7 Å². The van der Waals surface area contributed by atoms with E-state index in [0.717, 1.165) is 25.7 Å². The smallest absolute Gasteiger partial charge is 0.280 e. The lowest BCUT2D eigenvalue weighted by Gasteiger charge is -2.21. The highest BCUT2D eigenvalue weighted by Crippen LogP contribution is 2.17. The molecule has 0 radical (unpaired) electrons. The number of aromatic nitrogens is 2. The number of guanidine groups is 1. The summed E-state index contributed by atoms with van der Waals surface area (Å²) in [7, 11) is 0. The molecule has 0 unspecified atom stereocenters. The predicted octanol–water partition coefficient (Wildman–Crippen LogP) is -0.875. The Bertz CT molecular complexity index is 719. The van der Waals surface area contributed by atoms with Crippen LogP contribution in [0.25, 0.3) is 0 Å². The molecule has 0 saturated heterocycles. The summed E-state index contributed by atoms with van der Waals surface area (Å²) in [6.07, 6.45) is 3.39. The lowest BCUT2D eigenvalue weighted by Crippen LogP contribution is -2.38. The fraction of sp³-hybridized carbons (Fsp3) is 0.667. The molecule has 0 spiro atoms. The van der Waals surface area contributed by atoms with Gasteiger partial charge in [0.05, 0.1) is 6.61 Å². The highest BCUT2D eigenvalue weighted by atomic mass is 35.5. The van der Waals surface area contributed by atoms with Crippen LogP contribution in [0.5, 0.6) is 0 Å². The first-order valence-electron chi connectivity index (χ1n) is 9.94. The van der Waals surface area contributed by atoms with Crippen molar-refractivity contribution in [1.29, 1.82) is 0 Å². The minimum atomic E-state index is -0.684. The topological polar surface area (TPSA) is 215 Å². The zero-order valence-corrected chi connectivity index (χ0v) is 18.1. The van der Waals surface area contributed by atoms with Crippen LogP contribution >= 0.6 is 11.6 Å². The second kappa shape index (κ2) is 14.7. The van der Waals surface area contributed by atoms with Gasteiger partial charge in [-0.2, -0.15) is 0 Å². The summed E-state index contributed by atoms with van der Waals surface area (Å²) in [5.41, 5.74) is 16.6. The van der Waals surface area contributed by atoms with Gasteiger partial charge in [-0.1, -0.05) is 24.4 Å². The van der Waals surface area contributed by atoms with Crippen molar-refractivity contribution in [2.45, 2.75) is 25.7 Å². The van der Waals surface area contributed by atoms with Crippen molar-refractivity contribution in [1.82, 2.24) is 15.3 Å². The number of nitrogen functional groups attached to an aromatic ring is 2. The van der Waals surface area contributed by atoms with Crippen LogP contribution < -0.4 is 22.5 Å². The van der Waals surface area contributed by atoms with Crippen LogP contribution in [0.15, 0.2) is 4.99 Å². The minimum absolute atomic E-state index is 0.0696. The van der Waals surface area contributed by atoms with E-state index in [1.807, 2.05) is 0 Å². The molecule has 176 valence electrons. The lowest BCUT2D eigenvalue weighted by atomic mass is 9.95. The third-order valence-corrected chi connectivity index (χ3v) is 4.82. The molecule has 13 heteroatoms. The Labute approximate surface area is 185 Å². The number of carbonyl (C=O) groups is 1. The highest BCUT2D eigenvalue weighted by Gasteiger charge is 2.19. The maximum atomic E-state index is 12.1. The van der Waals surface area contributed by atoms with Crippen molar-refractivity contribution >= 4 is 35.1 Å². The number of aliphatic hydroxyl groups is 3. The predicted molar refractivity (Wildman–Crippen MR) is 117 cm³/mol. The maximum absolute atomic E-state index is 12.1. The molecule has 1 heterocycles. The molecule has 12 nitrogen and oxygen atoms in total. The van der Waals surface area contributed by atoms with Gasteiger partial charge >= 0.3 is 0 Å². The maximum Gasteiger partial charge on any atom is 0.280 e. The quantitative estimate of drug-likeness (QED) is 0.103. The SMILES string of the molecule is NC(=NCCCCCCOC[C@H](CO)C(CO)CO)NC(=O)c1nc(Cl)c(N)nc1N. The molecule has 0 aliphatic heterocycles. The van der Waals surface area contributed by atoms with E-state index in [1.165, 1.54) is 0 Å². The number of ether oxygens (including phenoxy) is 1.